The van der Waals surface area contributed by atoms with Gasteiger partial charge in [0, 0.05) is 5.69 Å². The summed E-state index contributed by atoms with van der Waals surface area (Å²) in [6.45, 7) is 4.55. The molecule has 3 aromatic carbocycles. The highest BCUT2D eigenvalue weighted by molar-refractivity contribution is 6.04. The van der Waals surface area contributed by atoms with Crippen LogP contribution in [-0.4, -0.2) is 18.1 Å². The van der Waals surface area contributed by atoms with Crippen LogP contribution in [0, 0.1) is 0 Å². The van der Waals surface area contributed by atoms with Gasteiger partial charge >= 0.3 is 5.97 Å². The van der Waals surface area contributed by atoms with Gasteiger partial charge in [-0.3, -0.25) is 0 Å². The van der Waals surface area contributed by atoms with Gasteiger partial charge in [0.25, 0.3) is 0 Å². The fraction of sp³-hybridized carbons (Fsp3) is 0.261. The Labute approximate surface area is 155 Å². The van der Waals surface area contributed by atoms with E-state index in [1.807, 2.05) is 72.8 Å². The zero-order valence-corrected chi connectivity index (χ0v) is 15.4. The van der Waals surface area contributed by atoms with Crippen LogP contribution >= 0.6 is 0 Å². The number of benzene rings is 3. The molecule has 0 heterocycles. The van der Waals surface area contributed by atoms with Crippen molar-refractivity contribution in [1.29, 1.82) is 0 Å². The maximum absolute atomic E-state index is 12.7. The summed E-state index contributed by atoms with van der Waals surface area (Å²) in [5, 5.41) is 5.49. The van der Waals surface area contributed by atoms with Gasteiger partial charge < -0.3 is 10.1 Å². The Morgan fingerprint density at radius 2 is 1.65 bits per heavy atom. The van der Waals surface area contributed by atoms with Gasteiger partial charge in [0.05, 0.1) is 11.1 Å². The monoisotopic (exact) mass is 347 g/mol. The molecule has 0 amide bonds. The van der Waals surface area contributed by atoms with Gasteiger partial charge in [0.15, 0.2) is 0 Å². The number of anilines is 1. The highest BCUT2D eigenvalue weighted by Gasteiger charge is 2.26. The lowest BCUT2D eigenvalue weighted by Crippen LogP contribution is -2.40. The fourth-order valence-corrected chi connectivity index (χ4v) is 3.30. The number of carbonyl (C=O) groups is 1. The molecule has 0 bridgehead atoms. The predicted octanol–water partition coefficient (Wildman–Crippen LogP) is 5.67. The molecule has 0 saturated heterocycles. The fourth-order valence-electron chi connectivity index (χ4n) is 3.30. The van der Waals surface area contributed by atoms with Crippen molar-refractivity contribution < 1.29 is 9.53 Å². The molecule has 3 rings (SSSR count). The standard InChI is InChI=1S/C23H25NO2/c1-3-16-23(2,24-19-12-5-4-6-13-19)17-26-22(25)21-15-9-11-18-10-7-8-14-20(18)21/h4-15,24H,3,16-17H2,1-2H3. The van der Waals surface area contributed by atoms with Crippen LogP contribution in [0.3, 0.4) is 0 Å². The molecule has 0 radical (unpaired) electrons. The molecule has 1 N–H and O–H groups in total. The Morgan fingerprint density at radius 3 is 2.42 bits per heavy atom. The molecule has 0 aromatic heterocycles. The summed E-state index contributed by atoms with van der Waals surface area (Å²) in [4.78, 5) is 12.7. The Morgan fingerprint density at radius 1 is 0.962 bits per heavy atom. The summed E-state index contributed by atoms with van der Waals surface area (Å²) in [7, 11) is 0. The van der Waals surface area contributed by atoms with Crippen molar-refractivity contribution in [3.63, 3.8) is 0 Å². The number of para-hydroxylation sites is 1. The Hall–Kier alpha value is -2.81. The van der Waals surface area contributed by atoms with E-state index in [2.05, 4.69) is 19.2 Å². The highest BCUT2D eigenvalue weighted by atomic mass is 16.5. The normalized spacial score (nSPS) is 13.2. The molecule has 0 aliphatic rings. The van der Waals surface area contributed by atoms with Crippen LogP contribution in [0.15, 0.2) is 72.8 Å². The lowest BCUT2D eigenvalue weighted by molar-refractivity contribution is 0.0431. The number of ether oxygens (including phenoxy) is 1. The van der Waals surface area contributed by atoms with Crippen LogP contribution in [-0.2, 0) is 4.74 Å². The smallest absolute Gasteiger partial charge is 0.338 e. The molecule has 3 nitrogen and oxygen atoms in total. The molecule has 0 aliphatic heterocycles. The number of nitrogens with one attached hydrogen (secondary N) is 1. The van der Waals surface area contributed by atoms with Crippen molar-refractivity contribution in [2.24, 2.45) is 0 Å². The molecule has 3 heteroatoms. The molecular formula is C23H25NO2. The molecule has 1 atom stereocenters. The minimum atomic E-state index is -0.309. The predicted molar refractivity (Wildman–Crippen MR) is 108 cm³/mol. The van der Waals surface area contributed by atoms with E-state index >= 15 is 0 Å². The van der Waals surface area contributed by atoms with Gasteiger partial charge in [-0.25, -0.2) is 4.79 Å². The van der Waals surface area contributed by atoms with Crippen LogP contribution in [0.5, 0.6) is 0 Å². The summed E-state index contributed by atoms with van der Waals surface area (Å²) < 4.78 is 5.72. The topological polar surface area (TPSA) is 38.3 Å². The summed E-state index contributed by atoms with van der Waals surface area (Å²) in [5.41, 5.74) is 1.34. The quantitative estimate of drug-likeness (QED) is 0.560. The van der Waals surface area contributed by atoms with Crippen molar-refractivity contribution in [3.05, 3.63) is 78.4 Å². The van der Waals surface area contributed by atoms with E-state index in [9.17, 15) is 4.79 Å². The third-order valence-electron chi connectivity index (χ3n) is 4.55. The Kier molecular flexibility index (Phi) is 5.57. The Balaban J connectivity index is 1.75. The maximum Gasteiger partial charge on any atom is 0.338 e. The number of hydrogen-bond acceptors (Lipinski definition) is 3. The van der Waals surface area contributed by atoms with Crippen molar-refractivity contribution in [3.8, 4) is 0 Å². The van der Waals surface area contributed by atoms with E-state index < -0.39 is 0 Å². The summed E-state index contributed by atoms with van der Waals surface area (Å²) in [6, 6.07) is 23.6. The Bertz CT molecular complexity index is 870. The van der Waals surface area contributed by atoms with Crippen molar-refractivity contribution >= 4 is 22.4 Å². The second-order valence-corrected chi connectivity index (χ2v) is 6.90. The average molecular weight is 347 g/mol. The largest absolute Gasteiger partial charge is 0.460 e. The van der Waals surface area contributed by atoms with E-state index in [-0.39, 0.29) is 11.5 Å². The first kappa shape index (κ1) is 18.0. The molecule has 0 aliphatic carbocycles. The lowest BCUT2D eigenvalue weighted by Gasteiger charge is -2.31. The minimum absolute atomic E-state index is 0.279. The number of hydrogen-bond donors (Lipinski definition) is 1. The second-order valence-electron chi connectivity index (χ2n) is 6.90. The zero-order valence-electron chi connectivity index (χ0n) is 15.4. The number of carbonyl (C=O) groups excluding carboxylic acids is 1. The summed E-state index contributed by atoms with van der Waals surface area (Å²) in [6.07, 6.45) is 1.91. The molecule has 0 saturated carbocycles. The van der Waals surface area contributed by atoms with Crippen molar-refractivity contribution in [2.45, 2.75) is 32.2 Å². The SMILES string of the molecule is CCCC(C)(COC(=O)c1cccc2ccccc12)Nc1ccccc1. The van der Waals surface area contributed by atoms with Gasteiger partial charge in [-0.1, -0.05) is 67.9 Å². The first-order chi connectivity index (χ1) is 12.6. The summed E-state index contributed by atoms with van der Waals surface area (Å²) >= 11 is 0. The van der Waals surface area contributed by atoms with Gasteiger partial charge in [-0.05, 0) is 42.3 Å². The van der Waals surface area contributed by atoms with Crippen LogP contribution in [0.1, 0.15) is 37.0 Å². The van der Waals surface area contributed by atoms with Gasteiger partial charge in [-0.2, -0.15) is 0 Å². The van der Waals surface area contributed by atoms with E-state index in [1.54, 1.807) is 0 Å². The van der Waals surface area contributed by atoms with Gasteiger partial charge in [-0.15, -0.1) is 0 Å². The first-order valence-electron chi connectivity index (χ1n) is 9.09. The van der Waals surface area contributed by atoms with Crippen molar-refractivity contribution in [2.75, 3.05) is 11.9 Å². The van der Waals surface area contributed by atoms with E-state index in [0.29, 0.717) is 12.2 Å². The number of fused-ring (bicyclic) bond motifs is 1. The third-order valence-corrected chi connectivity index (χ3v) is 4.55. The van der Waals surface area contributed by atoms with Crippen LogP contribution in [0.4, 0.5) is 5.69 Å². The van der Waals surface area contributed by atoms with Crippen molar-refractivity contribution in [1.82, 2.24) is 0 Å². The molecule has 26 heavy (non-hydrogen) atoms. The van der Waals surface area contributed by atoms with Crippen LogP contribution < -0.4 is 5.32 Å². The molecule has 1 unspecified atom stereocenters. The minimum Gasteiger partial charge on any atom is -0.460 e. The van der Waals surface area contributed by atoms with E-state index in [0.717, 1.165) is 29.3 Å². The molecule has 0 fully saturated rings. The maximum atomic E-state index is 12.7. The van der Waals surface area contributed by atoms with E-state index in [1.165, 1.54) is 0 Å². The van der Waals surface area contributed by atoms with Crippen LogP contribution in [0.2, 0.25) is 0 Å². The number of rotatable bonds is 7. The molecule has 0 spiro atoms. The molecule has 134 valence electrons. The second kappa shape index (κ2) is 8.05. The summed E-state index contributed by atoms with van der Waals surface area (Å²) in [5.74, 6) is -0.279. The number of esters is 1. The third kappa shape index (κ3) is 4.23. The average Bonchev–Trinajstić information content (AvgIpc) is 2.67. The van der Waals surface area contributed by atoms with E-state index in [4.69, 9.17) is 4.74 Å². The molecule has 3 aromatic rings. The zero-order chi connectivity index (χ0) is 18.4. The molecular weight excluding hydrogens is 322 g/mol. The van der Waals surface area contributed by atoms with Gasteiger partial charge in [0.2, 0.25) is 0 Å². The first-order valence-corrected chi connectivity index (χ1v) is 9.09. The highest BCUT2D eigenvalue weighted by Crippen LogP contribution is 2.23. The lowest BCUT2D eigenvalue weighted by atomic mass is 9.96. The van der Waals surface area contributed by atoms with Gasteiger partial charge in [0.1, 0.15) is 6.61 Å². The van der Waals surface area contributed by atoms with Crippen LogP contribution in [0.25, 0.3) is 10.8 Å².